The Hall–Kier alpha value is -1.97. The first-order valence-electron chi connectivity index (χ1n) is 3.96. The van der Waals surface area contributed by atoms with Crippen molar-refractivity contribution in [2.45, 2.75) is 0 Å². The topological polar surface area (TPSA) is 55.9 Å². The zero-order valence-electron chi connectivity index (χ0n) is 7.01. The minimum Gasteiger partial charge on any atom is -0.384 e. The molecule has 0 amide bonds. The van der Waals surface area contributed by atoms with Gasteiger partial charge in [0.1, 0.15) is 5.82 Å². The predicted molar refractivity (Wildman–Crippen MR) is 52.1 cm³/mol. The Bertz CT molecular complexity index is 380. The maximum absolute atomic E-state index is 5.53. The molecule has 0 spiro atoms. The summed E-state index contributed by atoms with van der Waals surface area (Å²) in [6.07, 6.45) is 5.49. The van der Waals surface area contributed by atoms with Crippen LogP contribution in [0.1, 0.15) is 0 Å². The second kappa shape index (κ2) is 3.18. The molecule has 0 saturated carbocycles. The largest absolute Gasteiger partial charge is 0.384 e. The van der Waals surface area contributed by atoms with Gasteiger partial charge in [0, 0.05) is 24.7 Å². The predicted octanol–water partition coefficient (Wildman–Crippen LogP) is 1.34. The van der Waals surface area contributed by atoms with Crippen LogP contribution in [0.2, 0.25) is 0 Å². The third-order valence-corrected chi connectivity index (χ3v) is 1.64. The molecule has 13 heavy (non-hydrogen) atoms. The summed E-state index contributed by atoms with van der Waals surface area (Å²) in [4.78, 5) is 3.90. The number of hydrogen-bond donors (Lipinski definition) is 2. The molecule has 0 bridgehead atoms. The maximum Gasteiger partial charge on any atom is 0.125 e. The van der Waals surface area contributed by atoms with Crippen LogP contribution >= 0.6 is 0 Å². The van der Waals surface area contributed by atoms with E-state index in [4.69, 9.17) is 5.73 Å². The molecule has 0 aliphatic heterocycles. The van der Waals surface area contributed by atoms with Crippen LogP contribution in [-0.4, -0.2) is 9.66 Å². The monoisotopic (exact) mass is 174 g/mol. The van der Waals surface area contributed by atoms with Crippen molar-refractivity contribution in [3.63, 3.8) is 0 Å². The van der Waals surface area contributed by atoms with Crippen molar-refractivity contribution in [1.29, 1.82) is 0 Å². The van der Waals surface area contributed by atoms with E-state index in [1.54, 1.807) is 12.3 Å². The summed E-state index contributed by atoms with van der Waals surface area (Å²) < 4.78 is 1.84. The zero-order chi connectivity index (χ0) is 9.10. The Morgan fingerprint density at radius 1 is 1.31 bits per heavy atom. The minimum atomic E-state index is 0.511. The van der Waals surface area contributed by atoms with Crippen molar-refractivity contribution < 1.29 is 0 Å². The second-order valence-corrected chi connectivity index (χ2v) is 2.67. The van der Waals surface area contributed by atoms with Gasteiger partial charge in [0.2, 0.25) is 0 Å². The van der Waals surface area contributed by atoms with E-state index < -0.39 is 0 Å². The van der Waals surface area contributed by atoms with Crippen LogP contribution in [0.3, 0.4) is 0 Å². The minimum absolute atomic E-state index is 0.511. The van der Waals surface area contributed by atoms with Crippen molar-refractivity contribution >= 4 is 11.5 Å². The summed E-state index contributed by atoms with van der Waals surface area (Å²) in [7, 11) is 0. The van der Waals surface area contributed by atoms with Crippen molar-refractivity contribution in [1.82, 2.24) is 9.66 Å². The quantitative estimate of drug-likeness (QED) is 0.722. The average Bonchev–Trinajstić information content (AvgIpc) is 2.57. The first-order valence-corrected chi connectivity index (χ1v) is 3.96. The molecule has 2 rings (SSSR count). The van der Waals surface area contributed by atoms with Crippen LogP contribution < -0.4 is 11.2 Å². The van der Waals surface area contributed by atoms with Gasteiger partial charge < -0.3 is 5.73 Å². The van der Waals surface area contributed by atoms with Crippen LogP contribution in [0.25, 0.3) is 0 Å². The number of nitrogens with one attached hydrogen (secondary N) is 1. The Morgan fingerprint density at radius 2 is 2.08 bits per heavy atom. The van der Waals surface area contributed by atoms with Crippen molar-refractivity contribution in [2.75, 3.05) is 11.2 Å². The Morgan fingerprint density at radius 3 is 2.77 bits per heavy atom. The van der Waals surface area contributed by atoms with Gasteiger partial charge in [-0.2, -0.15) is 0 Å². The molecule has 0 aliphatic carbocycles. The molecule has 2 aromatic heterocycles. The molecular formula is C9H10N4. The normalized spacial score (nSPS) is 9.85. The number of nitrogens with zero attached hydrogens (tertiary/aromatic N) is 2. The van der Waals surface area contributed by atoms with Crippen LogP contribution in [0.4, 0.5) is 11.5 Å². The molecule has 2 heterocycles. The van der Waals surface area contributed by atoms with Crippen molar-refractivity contribution in [3.8, 4) is 0 Å². The fourth-order valence-electron chi connectivity index (χ4n) is 1.08. The molecule has 0 fully saturated rings. The van der Waals surface area contributed by atoms with Crippen molar-refractivity contribution in [2.24, 2.45) is 0 Å². The van der Waals surface area contributed by atoms with Gasteiger partial charge in [-0.05, 0) is 18.2 Å². The fourth-order valence-corrected chi connectivity index (χ4v) is 1.08. The van der Waals surface area contributed by atoms with Crippen LogP contribution in [0, 0.1) is 0 Å². The van der Waals surface area contributed by atoms with E-state index in [0.29, 0.717) is 5.82 Å². The molecule has 0 unspecified atom stereocenters. The highest BCUT2D eigenvalue weighted by Crippen LogP contribution is 2.08. The molecule has 4 heteroatoms. The highest BCUT2D eigenvalue weighted by Gasteiger charge is 1.92. The SMILES string of the molecule is Nc1cc(Nn2cccc2)ccn1. The van der Waals surface area contributed by atoms with Gasteiger partial charge in [0.15, 0.2) is 0 Å². The van der Waals surface area contributed by atoms with Crippen LogP contribution in [0.15, 0.2) is 42.9 Å². The van der Waals surface area contributed by atoms with Crippen LogP contribution in [0.5, 0.6) is 0 Å². The lowest BCUT2D eigenvalue weighted by Crippen LogP contribution is -2.06. The first kappa shape index (κ1) is 7.67. The number of rotatable bonds is 2. The second-order valence-electron chi connectivity index (χ2n) is 2.67. The smallest absolute Gasteiger partial charge is 0.125 e. The van der Waals surface area contributed by atoms with E-state index in [0.717, 1.165) is 5.69 Å². The highest BCUT2D eigenvalue weighted by molar-refractivity contribution is 5.49. The maximum atomic E-state index is 5.53. The molecule has 0 aliphatic rings. The van der Waals surface area contributed by atoms with E-state index in [9.17, 15) is 0 Å². The number of aromatic nitrogens is 2. The van der Waals surface area contributed by atoms with Crippen LogP contribution in [-0.2, 0) is 0 Å². The molecule has 4 nitrogen and oxygen atoms in total. The van der Waals surface area contributed by atoms with Gasteiger partial charge in [0.25, 0.3) is 0 Å². The Labute approximate surface area is 76.0 Å². The van der Waals surface area contributed by atoms with Gasteiger partial charge in [-0.3, -0.25) is 10.1 Å². The van der Waals surface area contributed by atoms with E-state index in [-0.39, 0.29) is 0 Å². The molecule has 3 N–H and O–H groups in total. The van der Waals surface area contributed by atoms with Gasteiger partial charge >= 0.3 is 0 Å². The Balaban J connectivity index is 2.19. The zero-order valence-corrected chi connectivity index (χ0v) is 7.01. The molecular weight excluding hydrogens is 164 g/mol. The molecule has 2 aromatic rings. The first-order chi connectivity index (χ1) is 6.34. The van der Waals surface area contributed by atoms with Gasteiger partial charge in [-0.1, -0.05) is 0 Å². The van der Waals surface area contributed by atoms with Gasteiger partial charge in [-0.15, -0.1) is 0 Å². The third-order valence-electron chi connectivity index (χ3n) is 1.64. The van der Waals surface area contributed by atoms with E-state index in [2.05, 4.69) is 10.4 Å². The molecule has 66 valence electrons. The average molecular weight is 174 g/mol. The number of pyridine rings is 1. The molecule has 0 aromatic carbocycles. The summed E-state index contributed by atoms with van der Waals surface area (Å²) in [5.74, 6) is 0.511. The number of anilines is 2. The standard InChI is InChI=1S/C9H10N4/c10-9-7-8(3-4-11-9)12-13-5-1-2-6-13/h1-7H,(H3,10,11,12). The summed E-state index contributed by atoms with van der Waals surface area (Å²) in [6, 6.07) is 7.52. The number of nitrogens with two attached hydrogens (primary N) is 1. The van der Waals surface area contributed by atoms with Gasteiger partial charge in [0.05, 0.1) is 5.69 Å². The van der Waals surface area contributed by atoms with Gasteiger partial charge in [-0.25, -0.2) is 4.98 Å². The summed E-state index contributed by atoms with van der Waals surface area (Å²) in [5, 5.41) is 0. The lowest BCUT2D eigenvalue weighted by molar-refractivity contribution is 0.970. The van der Waals surface area contributed by atoms with E-state index in [1.165, 1.54) is 0 Å². The highest BCUT2D eigenvalue weighted by atomic mass is 15.4. The summed E-state index contributed by atoms with van der Waals surface area (Å²) in [5.41, 5.74) is 9.57. The number of nitrogen functional groups attached to an aromatic ring is 1. The van der Waals surface area contributed by atoms with E-state index >= 15 is 0 Å². The molecule has 0 saturated heterocycles. The van der Waals surface area contributed by atoms with E-state index in [1.807, 2.05) is 35.3 Å². The Kier molecular flexibility index (Phi) is 1.88. The third kappa shape index (κ3) is 1.79. The number of hydrogen-bond acceptors (Lipinski definition) is 3. The summed E-state index contributed by atoms with van der Waals surface area (Å²) >= 11 is 0. The van der Waals surface area contributed by atoms with Crippen molar-refractivity contribution in [3.05, 3.63) is 42.9 Å². The lowest BCUT2D eigenvalue weighted by Gasteiger charge is -2.06. The fraction of sp³-hybridized carbons (Fsp3) is 0. The summed E-state index contributed by atoms with van der Waals surface area (Å²) in [6.45, 7) is 0. The molecule has 0 radical (unpaired) electrons. The molecule has 0 atom stereocenters. The lowest BCUT2D eigenvalue weighted by atomic mass is 10.4.